The van der Waals surface area contributed by atoms with Crippen LogP contribution >= 0.6 is 0 Å². The van der Waals surface area contributed by atoms with Gasteiger partial charge in [0, 0.05) is 37.9 Å². The molecule has 9 aromatic rings. The maximum absolute atomic E-state index is 10.5. The molecule has 5 heteroatoms. The summed E-state index contributed by atoms with van der Waals surface area (Å²) in [4.78, 5) is 0. The van der Waals surface area contributed by atoms with E-state index in [1.54, 1.807) is 6.07 Å². The van der Waals surface area contributed by atoms with Gasteiger partial charge in [-0.25, -0.2) is 0 Å². The molecule has 0 bridgehead atoms. The average Bonchev–Trinajstić information content (AvgIpc) is 3.73. The second-order valence-electron chi connectivity index (χ2n) is 10.7. The van der Waals surface area contributed by atoms with Crippen LogP contribution in [0, 0.1) is 22.7 Å². The third kappa shape index (κ3) is 3.19. The Labute approximate surface area is 244 Å². The molecule has 43 heavy (non-hydrogen) atoms. The van der Waals surface area contributed by atoms with E-state index in [2.05, 4.69) is 59.2 Å². The SMILES string of the molecule is N#Cc1ccc2oc3ccc(-c4cccc(C#N)c4-n4c5ccccc5c5ccc6c7ccccc7oc6c54)cc3c2c1. The van der Waals surface area contributed by atoms with Gasteiger partial charge in [-0.2, -0.15) is 10.5 Å². The summed E-state index contributed by atoms with van der Waals surface area (Å²) >= 11 is 0. The Morgan fingerprint density at radius 1 is 0.535 bits per heavy atom. The third-order valence-corrected chi connectivity index (χ3v) is 8.47. The van der Waals surface area contributed by atoms with Crippen molar-refractivity contribution in [3.8, 4) is 29.0 Å². The van der Waals surface area contributed by atoms with E-state index in [9.17, 15) is 10.5 Å². The quantitative estimate of drug-likeness (QED) is 0.215. The largest absolute Gasteiger partial charge is 0.456 e. The summed E-state index contributed by atoms with van der Waals surface area (Å²) < 4.78 is 14.8. The first-order valence-corrected chi connectivity index (χ1v) is 14.0. The predicted octanol–water partition coefficient (Wildman–Crippen LogP) is 9.99. The highest BCUT2D eigenvalue weighted by Gasteiger charge is 2.23. The molecule has 3 aromatic heterocycles. The molecular weight excluding hydrogens is 530 g/mol. The number of fused-ring (bicyclic) bond motifs is 10. The molecule has 0 unspecified atom stereocenters. The van der Waals surface area contributed by atoms with Gasteiger partial charge in [-0.3, -0.25) is 0 Å². The van der Waals surface area contributed by atoms with Crippen molar-refractivity contribution in [1.82, 2.24) is 4.57 Å². The number of furan rings is 2. The second-order valence-corrected chi connectivity index (χ2v) is 10.7. The van der Waals surface area contributed by atoms with Gasteiger partial charge in [-0.1, -0.05) is 60.7 Å². The summed E-state index contributed by atoms with van der Waals surface area (Å²) in [6, 6.07) is 42.7. The molecule has 0 amide bonds. The van der Waals surface area contributed by atoms with Crippen LogP contribution in [0.1, 0.15) is 11.1 Å². The van der Waals surface area contributed by atoms with E-state index in [0.29, 0.717) is 11.1 Å². The first-order valence-electron chi connectivity index (χ1n) is 14.0. The summed E-state index contributed by atoms with van der Waals surface area (Å²) in [5.74, 6) is 0. The van der Waals surface area contributed by atoms with E-state index in [-0.39, 0.29) is 0 Å². The van der Waals surface area contributed by atoms with Crippen molar-refractivity contribution in [3.63, 3.8) is 0 Å². The van der Waals surface area contributed by atoms with Gasteiger partial charge in [0.1, 0.15) is 22.8 Å². The number of nitrogens with zero attached hydrogens (tertiary/aromatic N) is 3. The number of benzene rings is 6. The fourth-order valence-electron chi connectivity index (χ4n) is 6.59. The molecular formula is C38H19N3O2. The van der Waals surface area contributed by atoms with Crippen LogP contribution < -0.4 is 0 Å². The van der Waals surface area contributed by atoms with Gasteiger partial charge in [-0.15, -0.1) is 0 Å². The van der Waals surface area contributed by atoms with Gasteiger partial charge < -0.3 is 13.4 Å². The Kier molecular flexibility index (Phi) is 4.68. The molecule has 198 valence electrons. The highest BCUT2D eigenvalue weighted by molar-refractivity contribution is 6.22. The molecule has 0 saturated heterocycles. The molecule has 6 aromatic carbocycles. The summed E-state index contributed by atoms with van der Waals surface area (Å²) in [5.41, 5.74) is 8.75. The molecule has 0 aliphatic heterocycles. The summed E-state index contributed by atoms with van der Waals surface area (Å²) in [7, 11) is 0. The van der Waals surface area contributed by atoms with Gasteiger partial charge in [0.25, 0.3) is 0 Å². The summed E-state index contributed by atoms with van der Waals surface area (Å²) in [6.07, 6.45) is 0. The molecule has 0 aliphatic rings. The number of hydrogen-bond donors (Lipinski definition) is 0. The molecule has 0 saturated carbocycles. The van der Waals surface area contributed by atoms with E-state index in [1.165, 1.54) is 0 Å². The Balaban J connectivity index is 1.42. The molecule has 5 nitrogen and oxygen atoms in total. The standard InChI is InChI=1S/C38H19N3O2/c39-20-22-12-16-34-30(18-22)31-19-23(13-17-35(31)42-34)25-9-5-6-24(21-40)36(25)41-32-10-3-1-7-26(32)28-14-15-29-27-8-2-4-11-33(27)43-38(29)37(28)41/h1-19H. The van der Waals surface area contributed by atoms with Crippen molar-refractivity contribution in [3.05, 3.63) is 126 Å². The Bertz CT molecular complexity index is 2710. The Hall–Kier alpha value is -6.30. The van der Waals surface area contributed by atoms with Crippen molar-refractivity contribution in [1.29, 1.82) is 10.5 Å². The molecule has 0 aliphatic carbocycles. The zero-order chi connectivity index (χ0) is 28.7. The summed E-state index contributed by atoms with van der Waals surface area (Å²) in [6.45, 7) is 0. The first kappa shape index (κ1) is 23.4. The lowest BCUT2D eigenvalue weighted by Gasteiger charge is -2.16. The van der Waals surface area contributed by atoms with E-state index in [4.69, 9.17) is 8.83 Å². The minimum Gasteiger partial charge on any atom is -0.456 e. The molecule has 3 heterocycles. The normalized spacial score (nSPS) is 11.7. The second kappa shape index (κ2) is 8.60. The summed E-state index contributed by atoms with van der Waals surface area (Å²) in [5, 5.41) is 26.0. The highest BCUT2D eigenvalue weighted by atomic mass is 16.3. The number of para-hydroxylation sites is 3. The van der Waals surface area contributed by atoms with Crippen LogP contribution in [0.15, 0.2) is 124 Å². The minimum atomic E-state index is 0.553. The maximum Gasteiger partial charge on any atom is 0.160 e. The maximum atomic E-state index is 10.5. The van der Waals surface area contributed by atoms with Gasteiger partial charge in [0.15, 0.2) is 5.58 Å². The van der Waals surface area contributed by atoms with Gasteiger partial charge in [-0.05, 0) is 60.2 Å². The van der Waals surface area contributed by atoms with E-state index >= 15 is 0 Å². The zero-order valence-electron chi connectivity index (χ0n) is 22.6. The fraction of sp³-hybridized carbons (Fsp3) is 0. The third-order valence-electron chi connectivity index (χ3n) is 8.47. The van der Waals surface area contributed by atoms with Crippen molar-refractivity contribution in [2.45, 2.75) is 0 Å². The number of nitriles is 2. The average molecular weight is 550 g/mol. The van der Waals surface area contributed by atoms with Crippen molar-refractivity contribution in [2.75, 3.05) is 0 Å². The Morgan fingerprint density at radius 3 is 2.14 bits per heavy atom. The zero-order valence-corrected chi connectivity index (χ0v) is 22.6. The van der Waals surface area contributed by atoms with Crippen LogP contribution in [0.3, 0.4) is 0 Å². The van der Waals surface area contributed by atoms with E-state index < -0.39 is 0 Å². The number of rotatable bonds is 2. The van der Waals surface area contributed by atoms with Gasteiger partial charge in [0.05, 0.1) is 33.9 Å². The highest BCUT2D eigenvalue weighted by Crippen LogP contribution is 2.43. The molecule has 9 rings (SSSR count). The predicted molar refractivity (Wildman–Crippen MR) is 170 cm³/mol. The lowest BCUT2D eigenvalue weighted by atomic mass is 9.98. The topological polar surface area (TPSA) is 78.8 Å². The smallest absolute Gasteiger partial charge is 0.160 e. The van der Waals surface area contributed by atoms with Crippen molar-refractivity contribution < 1.29 is 8.83 Å². The van der Waals surface area contributed by atoms with Crippen LogP contribution in [-0.2, 0) is 0 Å². The molecule has 0 atom stereocenters. The van der Waals surface area contributed by atoms with Crippen LogP contribution in [0.4, 0.5) is 0 Å². The lowest BCUT2D eigenvalue weighted by molar-refractivity contribution is 0.669. The molecule has 0 spiro atoms. The van der Waals surface area contributed by atoms with E-state index in [0.717, 1.165) is 82.5 Å². The monoisotopic (exact) mass is 549 g/mol. The fourth-order valence-corrected chi connectivity index (χ4v) is 6.59. The first-order chi connectivity index (χ1) is 21.2. The van der Waals surface area contributed by atoms with E-state index in [1.807, 2.05) is 66.7 Å². The van der Waals surface area contributed by atoms with Crippen LogP contribution in [-0.4, -0.2) is 4.57 Å². The lowest BCUT2D eigenvalue weighted by Crippen LogP contribution is -2.01. The van der Waals surface area contributed by atoms with Crippen LogP contribution in [0.5, 0.6) is 0 Å². The Morgan fingerprint density at radius 2 is 1.28 bits per heavy atom. The molecule has 0 fully saturated rings. The van der Waals surface area contributed by atoms with Gasteiger partial charge in [0.2, 0.25) is 0 Å². The number of aromatic nitrogens is 1. The van der Waals surface area contributed by atoms with Crippen molar-refractivity contribution in [2.24, 2.45) is 0 Å². The number of hydrogen-bond acceptors (Lipinski definition) is 4. The molecule has 0 radical (unpaired) electrons. The van der Waals surface area contributed by atoms with Crippen LogP contribution in [0.2, 0.25) is 0 Å². The van der Waals surface area contributed by atoms with Crippen LogP contribution in [0.25, 0.3) is 82.5 Å². The van der Waals surface area contributed by atoms with Crippen molar-refractivity contribution >= 4 is 65.7 Å². The minimum absolute atomic E-state index is 0.553. The van der Waals surface area contributed by atoms with Gasteiger partial charge >= 0.3 is 0 Å². The molecule has 0 N–H and O–H groups in total.